The minimum atomic E-state index is -0.220. The zero-order valence-electron chi connectivity index (χ0n) is 15.2. The molecule has 4 rings (SSSR count). The second-order valence-corrected chi connectivity index (χ2v) is 8.40. The Bertz CT molecular complexity index is 1010. The Balaban J connectivity index is 1.39. The van der Waals surface area contributed by atoms with E-state index in [0.29, 0.717) is 22.8 Å². The molecule has 2 aromatic carbocycles. The highest BCUT2D eigenvalue weighted by Crippen LogP contribution is 2.21. The van der Waals surface area contributed by atoms with Gasteiger partial charge in [-0.15, -0.1) is 0 Å². The summed E-state index contributed by atoms with van der Waals surface area (Å²) in [6.45, 7) is 1.65. The number of thioether (sulfide) groups is 1. The van der Waals surface area contributed by atoms with Crippen LogP contribution in [0.3, 0.4) is 0 Å². The average Bonchev–Trinajstić information content (AvgIpc) is 3.13. The molecule has 1 aliphatic rings. The van der Waals surface area contributed by atoms with Crippen molar-refractivity contribution in [2.45, 2.75) is 6.42 Å². The first-order valence-electron chi connectivity index (χ1n) is 9.12. The molecule has 5 nitrogen and oxygen atoms in total. The van der Waals surface area contributed by atoms with E-state index >= 15 is 0 Å². The van der Waals surface area contributed by atoms with Crippen molar-refractivity contribution >= 4 is 51.8 Å². The summed E-state index contributed by atoms with van der Waals surface area (Å²) in [7, 11) is 0. The molecule has 0 unspecified atom stereocenters. The number of hydrogen-bond donors (Lipinski definition) is 2. The van der Waals surface area contributed by atoms with Crippen LogP contribution in [0.2, 0.25) is 5.02 Å². The number of halogens is 1. The summed E-state index contributed by atoms with van der Waals surface area (Å²) in [5.74, 6) is 1.96. The van der Waals surface area contributed by atoms with Crippen molar-refractivity contribution in [3.8, 4) is 0 Å². The Labute approximate surface area is 172 Å². The molecule has 144 valence electrons. The highest BCUT2D eigenvalue weighted by Gasteiger charge is 2.17. The van der Waals surface area contributed by atoms with Crippen LogP contribution in [-0.4, -0.2) is 46.3 Å². The average molecular weight is 414 g/mol. The van der Waals surface area contributed by atoms with E-state index in [1.165, 1.54) is 0 Å². The minimum Gasteiger partial charge on any atom is -0.350 e. The van der Waals surface area contributed by atoms with Crippen molar-refractivity contribution in [2.75, 3.05) is 29.9 Å². The summed E-state index contributed by atoms with van der Waals surface area (Å²) < 4.78 is 0. The van der Waals surface area contributed by atoms with Gasteiger partial charge in [0.05, 0.1) is 6.42 Å². The number of fused-ring (bicyclic) bond motifs is 1. The summed E-state index contributed by atoms with van der Waals surface area (Å²) in [5, 5.41) is 4.43. The van der Waals surface area contributed by atoms with Gasteiger partial charge in [0.1, 0.15) is 5.69 Å². The maximum absolute atomic E-state index is 12.5. The number of aromatic amines is 1. The van der Waals surface area contributed by atoms with Gasteiger partial charge < -0.3 is 15.2 Å². The first-order valence-corrected chi connectivity index (χ1v) is 10.7. The van der Waals surface area contributed by atoms with Crippen LogP contribution in [0.5, 0.6) is 0 Å². The Kier molecular flexibility index (Phi) is 5.59. The third kappa shape index (κ3) is 4.34. The lowest BCUT2D eigenvalue weighted by Gasteiger charge is -2.26. The van der Waals surface area contributed by atoms with E-state index in [9.17, 15) is 9.59 Å². The van der Waals surface area contributed by atoms with E-state index in [2.05, 4.69) is 10.3 Å². The summed E-state index contributed by atoms with van der Waals surface area (Å²) in [5.41, 5.74) is 2.93. The highest BCUT2D eigenvalue weighted by molar-refractivity contribution is 7.99. The molecule has 1 aromatic heterocycles. The summed E-state index contributed by atoms with van der Waals surface area (Å²) >= 11 is 7.88. The number of amides is 2. The van der Waals surface area contributed by atoms with Gasteiger partial charge in [-0.3, -0.25) is 9.59 Å². The lowest BCUT2D eigenvalue weighted by molar-refractivity contribution is -0.130. The number of carbonyl (C=O) groups is 2. The van der Waals surface area contributed by atoms with Crippen molar-refractivity contribution in [1.29, 1.82) is 0 Å². The van der Waals surface area contributed by atoms with Crippen LogP contribution in [0.15, 0.2) is 48.5 Å². The SMILES string of the molecule is O=C(Nc1ccc(CC(=O)N2CCSCC2)cc1)c1cc2ccc(Cl)cc2[nH]1. The van der Waals surface area contributed by atoms with E-state index < -0.39 is 0 Å². The Morgan fingerprint density at radius 3 is 2.57 bits per heavy atom. The number of hydrogen-bond acceptors (Lipinski definition) is 3. The quantitative estimate of drug-likeness (QED) is 0.674. The maximum atomic E-state index is 12.5. The Morgan fingerprint density at radius 2 is 1.82 bits per heavy atom. The number of rotatable bonds is 4. The maximum Gasteiger partial charge on any atom is 0.272 e. The molecule has 0 spiro atoms. The lowest BCUT2D eigenvalue weighted by atomic mass is 10.1. The predicted molar refractivity (Wildman–Crippen MR) is 115 cm³/mol. The molecule has 3 aromatic rings. The molecule has 1 saturated heterocycles. The van der Waals surface area contributed by atoms with Crippen molar-refractivity contribution in [3.05, 3.63) is 64.8 Å². The standard InChI is InChI=1S/C21H20ClN3O2S/c22-16-4-3-15-12-19(24-18(15)13-16)21(27)23-17-5-1-14(2-6-17)11-20(26)25-7-9-28-10-8-25/h1-6,12-13,24H,7-11H2,(H,23,27). The highest BCUT2D eigenvalue weighted by atomic mass is 35.5. The summed E-state index contributed by atoms with van der Waals surface area (Å²) in [6.07, 6.45) is 0.391. The van der Waals surface area contributed by atoms with E-state index in [1.807, 2.05) is 47.0 Å². The fourth-order valence-corrected chi connectivity index (χ4v) is 4.30. The van der Waals surface area contributed by atoms with E-state index in [4.69, 9.17) is 11.6 Å². The van der Waals surface area contributed by atoms with Crippen LogP contribution in [-0.2, 0) is 11.2 Å². The first-order chi connectivity index (χ1) is 13.6. The van der Waals surface area contributed by atoms with Gasteiger partial charge in [0.2, 0.25) is 5.91 Å². The second-order valence-electron chi connectivity index (χ2n) is 6.74. The largest absolute Gasteiger partial charge is 0.350 e. The normalized spacial score (nSPS) is 14.2. The first kappa shape index (κ1) is 18.9. The van der Waals surface area contributed by atoms with E-state index in [-0.39, 0.29) is 11.8 Å². The molecule has 28 heavy (non-hydrogen) atoms. The third-order valence-electron chi connectivity index (χ3n) is 4.76. The van der Waals surface area contributed by atoms with Gasteiger partial charge in [-0.2, -0.15) is 11.8 Å². The molecule has 2 heterocycles. The zero-order valence-corrected chi connectivity index (χ0v) is 16.8. The monoisotopic (exact) mass is 413 g/mol. The second kappa shape index (κ2) is 8.29. The molecule has 0 atom stereocenters. The van der Waals surface area contributed by atoms with Crippen molar-refractivity contribution < 1.29 is 9.59 Å². The smallest absolute Gasteiger partial charge is 0.272 e. The summed E-state index contributed by atoms with van der Waals surface area (Å²) in [6, 6.07) is 14.7. The molecule has 7 heteroatoms. The molecular weight excluding hydrogens is 394 g/mol. The number of benzene rings is 2. The van der Waals surface area contributed by atoms with Crippen LogP contribution in [0.4, 0.5) is 5.69 Å². The molecule has 1 aliphatic heterocycles. The van der Waals surface area contributed by atoms with Crippen LogP contribution in [0, 0.1) is 0 Å². The molecule has 0 radical (unpaired) electrons. The van der Waals surface area contributed by atoms with Gasteiger partial charge in [0, 0.05) is 46.2 Å². The van der Waals surface area contributed by atoms with Gasteiger partial charge >= 0.3 is 0 Å². The third-order valence-corrected chi connectivity index (χ3v) is 5.94. The lowest BCUT2D eigenvalue weighted by Crippen LogP contribution is -2.38. The molecular formula is C21H20ClN3O2S. The van der Waals surface area contributed by atoms with E-state index in [1.54, 1.807) is 18.2 Å². The molecule has 2 N–H and O–H groups in total. The van der Waals surface area contributed by atoms with Gasteiger partial charge in [-0.1, -0.05) is 29.8 Å². The van der Waals surface area contributed by atoms with Gasteiger partial charge in [-0.05, 0) is 35.9 Å². The van der Waals surface area contributed by atoms with Crippen LogP contribution in [0.1, 0.15) is 16.1 Å². The zero-order chi connectivity index (χ0) is 19.5. The number of aromatic nitrogens is 1. The minimum absolute atomic E-state index is 0.161. The van der Waals surface area contributed by atoms with Crippen molar-refractivity contribution in [2.24, 2.45) is 0 Å². The molecule has 0 saturated carbocycles. The van der Waals surface area contributed by atoms with Crippen LogP contribution < -0.4 is 5.32 Å². The Hall–Kier alpha value is -2.44. The van der Waals surface area contributed by atoms with Gasteiger partial charge in [-0.25, -0.2) is 0 Å². The molecule has 2 amide bonds. The topological polar surface area (TPSA) is 65.2 Å². The van der Waals surface area contributed by atoms with Crippen LogP contribution >= 0.6 is 23.4 Å². The van der Waals surface area contributed by atoms with E-state index in [0.717, 1.165) is 41.1 Å². The molecule has 0 bridgehead atoms. The number of nitrogens with one attached hydrogen (secondary N) is 2. The fourth-order valence-electron chi connectivity index (χ4n) is 3.23. The molecule has 1 fully saturated rings. The van der Waals surface area contributed by atoms with Crippen molar-refractivity contribution in [3.63, 3.8) is 0 Å². The van der Waals surface area contributed by atoms with Crippen molar-refractivity contribution in [1.82, 2.24) is 9.88 Å². The number of carbonyl (C=O) groups excluding carboxylic acids is 2. The predicted octanol–water partition coefficient (Wildman–Crippen LogP) is 4.19. The number of nitrogens with zero attached hydrogens (tertiary/aromatic N) is 1. The summed E-state index contributed by atoms with van der Waals surface area (Å²) in [4.78, 5) is 29.9. The van der Waals surface area contributed by atoms with Crippen LogP contribution in [0.25, 0.3) is 10.9 Å². The Morgan fingerprint density at radius 1 is 1.07 bits per heavy atom. The van der Waals surface area contributed by atoms with Gasteiger partial charge in [0.15, 0.2) is 0 Å². The van der Waals surface area contributed by atoms with Gasteiger partial charge in [0.25, 0.3) is 5.91 Å². The molecule has 0 aliphatic carbocycles. The number of anilines is 1. The fraction of sp³-hybridized carbons (Fsp3) is 0.238. The number of H-pyrrole nitrogens is 1.